The van der Waals surface area contributed by atoms with Gasteiger partial charge in [0.15, 0.2) is 5.43 Å². The predicted octanol–water partition coefficient (Wildman–Crippen LogP) is 10.3. The highest BCUT2D eigenvalue weighted by Gasteiger charge is 2.64. The van der Waals surface area contributed by atoms with Gasteiger partial charge in [0.05, 0.1) is 35.7 Å². The van der Waals surface area contributed by atoms with Crippen LogP contribution in [0.25, 0.3) is 11.0 Å². The summed E-state index contributed by atoms with van der Waals surface area (Å²) in [6, 6.07) is 13.0. The molecule has 5 heterocycles. The summed E-state index contributed by atoms with van der Waals surface area (Å²) in [4.78, 5) is 31.2. The minimum Gasteiger partial charge on any atom is -0.508 e. The van der Waals surface area contributed by atoms with Gasteiger partial charge in [-0.05, 0) is 226 Å². The van der Waals surface area contributed by atoms with Gasteiger partial charge in [-0.3, -0.25) is 10.1 Å². The largest absolute Gasteiger partial charge is 0.508 e. The van der Waals surface area contributed by atoms with Gasteiger partial charge in [0.25, 0.3) is 0 Å². The number of nitrogens with one attached hydrogen (secondary N) is 3. The third kappa shape index (κ3) is 8.94. The number of fused-ring (bicyclic) bond motifs is 14. The monoisotopic (exact) mass is 1250 g/mol. The van der Waals surface area contributed by atoms with Crippen LogP contribution in [0.2, 0.25) is 0 Å². The van der Waals surface area contributed by atoms with E-state index < -0.39 is 88.0 Å². The van der Waals surface area contributed by atoms with Crippen LogP contribution >= 0.6 is 0 Å². The molecule has 16 heteroatoms. The number of aliphatic hydroxyl groups is 5. The Morgan fingerprint density at radius 1 is 0.902 bits per heavy atom. The Hall–Kier alpha value is -6.40. The van der Waals surface area contributed by atoms with E-state index in [9.17, 15) is 40.5 Å². The number of phenolic OH excluding ortho intramolecular Hbond substituents is 2. The normalized spacial score (nSPS) is 37.1. The van der Waals surface area contributed by atoms with Gasteiger partial charge >= 0.3 is 5.97 Å². The van der Waals surface area contributed by atoms with Crippen molar-refractivity contribution in [3.63, 3.8) is 0 Å². The van der Waals surface area contributed by atoms with Crippen molar-refractivity contribution in [1.29, 1.82) is 0 Å². The quantitative estimate of drug-likeness (QED) is 0.0607. The van der Waals surface area contributed by atoms with Gasteiger partial charge < -0.3 is 66.0 Å². The van der Waals surface area contributed by atoms with Crippen LogP contribution in [-0.2, 0) is 29.0 Å². The van der Waals surface area contributed by atoms with Crippen molar-refractivity contribution < 1.29 is 54.4 Å². The molecule has 488 valence electrons. The average Bonchev–Trinajstić information content (AvgIpc) is 1.15. The van der Waals surface area contributed by atoms with Crippen molar-refractivity contribution in [3.05, 3.63) is 156 Å². The molecule has 4 aliphatic heterocycles. The topological polar surface area (TPSA) is 269 Å². The maximum Gasteiger partial charge on any atom is 0.337 e. The molecule has 5 saturated carbocycles. The molecule has 3 aromatic carbocycles. The Morgan fingerprint density at radius 3 is 2.50 bits per heavy atom. The predicted molar refractivity (Wildman–Crippen MR) is 347 cm³/mol. The molecular formula is C76H92N4O12. The molecule has 4 aromatic rings. The molecule has 16 rings (SSSR count). The lowest BCUT2D eigenvalue weighted by atomic mass is 9.51. The molecule has 0 saturated heterocycles. The van der Waals surface area contributed by atoms with Gasteiger partial charge in [-0.1, -0.05) is 69.0 Å². The number of rotatable bonds is 7. The number of likely N-dealkylation sites (N-methyl/N-ethyl adjacent to an activating group) is 1. The summed E-state index contributed by atoms with van der Waals surface area (Å²) in [6.07, 6.45) is 20.7. The van der Waals surface area contributed by atoms with E-state index in [-0.39, 0.29) is 93.9 Å². The summed E-state index contributed by atoms with van der Waals surface area (Å²) in [7, 11) is 0. The molecule has 0 amide bonds. The first-order valence-electron chi connectivity index (χ1n) is 34.9. The van der Waals surface area contributed by atoms with E-state index in [1.807, 2.05) is 12.1 Å². The summed E-state index contributed by atoms with van der Waals surface area (Å²) >= 11 is 0. The molecular weight excluding hydrogens is 1160 g/mol. The summed E-state index contributed by atoms with van der Waals surface area (Å²) in [5.41, 5.74) is 12.0. The van der Waals surface area contributed by atoms with Crippen molar-refractivity contribution in [3.8, 4) is 17.2 Å². The smallest absolute Gasteiger partial charge is 0.337 e. The zero-order chi connectivity index (χ0) is 63.5. The van der Waals surface area contributed by atoms with Gasteiger partial charge in [0.1, 0.15) is 58.1 Å². The van der Waals surface area contributed by atoms with Crippen molar-refractivity contribution >= 4 is 16.9 Å². The van der Waals surface area contributed by atoms with E-state index in [2.05, 4.69) is 60.3 Å². The fourth-order valence-electron chi connectivity index (χ4n) is 22.5. The molecule has 6 bridgehead atoms. The second-order valence-corrected chi connectivity index (χ2v) is 30.7. The van der Waals surface area contributed by atoms with Crippen LogP contribution in [0, 0.1) is 40.4 Å². The molecule has 12 aliphatic rings. The maximum absolute atomic E-state index is 16.3. The highest BCUT2D eigenvalue weighted by molar-refractivity contribution is 5.93. The Morgan fingerprint density at radius 2 is 1.71 bits per heavy atom. The summed E-state index contributed by atoms with van der Waals surface area (Å²) in [6.45, 7) is 6.01. The molecule has 2 spiro atoms. The van der Waals surface area contributed by atoms with Crippen LogP contribution in [0.3, 0.4) is 0 Å². The first-order valence-corrected chi connectivity index (χ1v) is 34.9. The molecule has 92 heavy (non-hydrogen) atoms. The highest BCUT2D eigenvalue weighted by Crippen LogP contribution is 2.69. The second-order valence-electron chi connectivity index (χ2n) is 30.7. The number of carbonyl (C=O) groups is 1. The number of hydrogen-bond donors (Lipinski definition) is 11. The SMILES string of the molecule is CC=C(C(=O)OC1Cc2c3c(c4oc(CO)cc(=O)c4c2O)C2C4=CCNC(N)=C4C(C4CCC5=CC(NCC)NC=C5CC4C1(C)O3)C1(CCCC1)Cc1ccc(O)cc1C2CO)C1(O)CC2CC1CC1CC3(CCC4CCCCC4(O)C3)C(O)c3cccc2c31. The molecule has 1 aromatic heterocycles. The van der Waals surface area contributed by atoms with Gasteiger partial charge in [-0.25, -0.2) is 4.79 Å². The Balaban J connectivity index is 0.878. The number of phenols is 2. The molecule has 12 N–H and O–H groups in total. The third-order valence-electron chi connectivity index (χ3n) is 26.4. The van der Waals surface area contributed by atoms with Gasteiger partial charge in [-0.15, -0.1) is 0 Å². The van der Waals surface area contributed by atoms with Gasteiger partial charge in [0.2, 0.25) is 0 Å². The second kappa shape index (κ2) is 22.1. The first-order chi connectivity index (χ1) is 44.4. The van der Waals surface area contributed by atoms with Crippen LogP contribution < -0.4 is 31.8 Å². The highest BCUT2D eigenvalue weighted by atomic mass is 16.6. The molecule has 16 unspecified atom stereocenters. The zero-order valence-electron chi connectivity index (χ0n) is 53.5. The van der Waals surface area contributed by atoms with Crippen LogP contribution in [0.5, 0.6) is 17.2 Å². The summed E-state index contributed by atoms with van der Waals surface area (Å²) in [5, 5.41) is 97.4. The van der Waals surface area contributed by atoms with E-state index in [0.717, 1.165) is 116 Å². The lowest BCUT2D eigenvalue weighted by molar-refractivity contribution is -0.173. The molecule has 5 fully saturated rings. The zero-order valence-corrected chi connectivity index (χ0v) is 53.5. The minimum atomic E-state index is -1.62. The number of aliphatic hydroxyl groups excluding tert-OH is 3. The first kappa shape index (κ1) is 60.5. The summed E-state index contributed by atoms with van der Waals surface area (Å²) < 4.78 is 22.1. The fourth-order valence-corrected chi connectivity index (χ4v) is 22.5. The molecule has 8 aliphatic carbocycles. The third-order valence-corrected chi connectivity index (χ3v) is 26.4. The van der Waals surface area contributed by atoms with Crippen LogP contribution in [0.4, 0.5) is 0 Å². The number of allylic oxidation sites excluding steroid dienone is 5. The number of nitrogens with two attached hydrogens (primary N) is 1. The van der Waals surface area contributed by atoms with Crippen LogP contribution in [-0.4, -0.2) is 90.5 Å². The number of carbonyl (C=O) groups excluding carboxylic acids is 1. The summed E-state index contributed by atoms with van der Waals surface area (Å²) in [5.74, 6) is -3.26. The van der Waals surface area contributed by atoms with E-state index >= 15 is 4.79 Å². The number of benzene rings is 3. The van der Waals surface area contributed by atoms with E-state index in [4.69, 9.17) is 19.6 Å². The maximum atomic E-state index is 16.3. The van der Waals surface area contributed by atoms with Crippen molar-refractivity contribution in [2.75, 3.05) is 19.7 Å². The van der Waals surface area contributed by atoms with Crippen LogP contribution in [0.1, 0.15) is 211 Å². The number of hydrogen-bond acceptors (Lipinski definition) is 16. The fraction of sp³-hybridized carbons (Fsp3) is 0.579. The van der Waals surface area contributed by atoms with Crippen molar-refractivity contribution in [2.24, 2.45) is 46.2 Å². The van der Waals surface area contributed by atoms with Gasteiger partial charge in [-0.2, -0.15) is 0 Å². The van der Waals surface area contributed by atoms with Crippen LogP contribution in [0.15, 0.2) is 110 Å². The van der Waals surface area contributed by atoms with Gasteiger partial charge in [0, 0.05) is 59.5 Å². The Labute approximate surface area is 538 Å². The van der Waals surface area contributed by atoms with Crippen molar-refractivity contribution in [2.45, 2.75) is 215 Å². The Kier molecular flexibility index (Phi) is 14.5. The van der Waals surface area contributed by atoms with E-state index in [1.54, 1.807) is 25.1 Å². The molecule has 16 atom stereocenters. The molecule has 0 radical (unpaired) electrons. The minimum absolute atomic E-state index is 0.00679. The van der Waals surface area contributed by atoms with E-state index in [0.29, 0.717) is 62.9 Å². The van der Waals surface area contributed by atoms with E-state index in [1.165, 1.54) is 17.2 Å². The number of ether oxygens (including phenoxy) is 2. The lowest BCUT2D eigenvalue weighted by Crippen LogP contribution is -2.60. The molecule has 16 nitrogen and oxygen atoms in total. The number of aromatic hydroxyl groups is 2. The van der Waals surface area contributed by atoms with Crippen molar-refractivity contribution in [1.82, 2.24) is 16.0 Å². The lowest BCUT2D eigenvalue weighted by Gasteiger charge is -2.56. The average molecular weight is 1250 g/mol. The standard InChI is InChI=1S/C76H92N4O12/c1-4-55(76(89)34-41-25-45(76)26-42-33-74(69(86)51-13-10-12-48(41)60(42)51)23-18-44-11-6-7-22-75(44,88)38-74)71(87)91-58-31-53-66(85)63-57(84)30-47(36-81)90-68(63)64-61-50-19-24-79-70(77)62(50)65(73(20-8-9-21-73)32-40-14-16-46(83)29-52(40)54(61)37-82)49-17-15-39-28-59(78-5-2)80-35-43(39)27-56(49)72(58,3)92-67(53)64/h4,10,12-14,16,19,28-30,35,41-42,44-45,49,54,56,58-59,61,65,69,78-83,85-86,88-89H,5-9,11,15,17-18,20-27,31-34,36-38,77H2,1-3H3. The Bertz CT molecular complexity index is 3950. The number of dihydropyridines is 2. The number of esters is 1.